The second kappa shape index (κ2) is 8.96. The Balaban J connectivity index is 1.53. The molecule has 2 aromatic heterocycles. The number of aromatic nitrogens is 3. The lowest BCUT2D eigenvalue weighted by Gasteiger charge is -2.10. The highest BCUT2D eigenvalue weighted by atomic mass is 35.5. The third kappa shape index (κ3) is 5.62. The van der Waals surface area contributed by atoms with Gasteiger partial charge in [0.25, 0.3) is 0 Å². The molecular weight excluding hydrogens is 400 g/mol. The van der Waals surface area contributed by atoms with Gasteiger partial charge in [-0.25, -0.2) is 28.1 Å². The molecule has 0 bridgehead atoms. The van der Waals surface area contributed by atoms with Gasteiger partial charge < -0.3 is 10.6 Å². The predicted octanol–water partition coefficient (Wildman–Crippen LogP) is 2.97. The Morgan fingerprint density at radius 1 is 0.929 bits per heavy atom. The Labute approximate surface area is 168 Å². The number of nitrogens with one attached hydrogen (secondary N) is 3. The molecule has 0 saturated heterocycles. The van der Waals surface area contributed by atoms with Crippen LogP contribution in [0, 0.1) is 6.92 Å². The molecule has 0 fully saturated rings. The maximum atomic E-state index is 12.2. The van der Waals surface area contributed by atoms with Gasteiger partial charge in [0.1, 0.15) is 23.8 Å². The molecular formula is C18H19ClN6O2S. The summed E-state index contributed by atoms with van der Waals surface area (Å²) in [7, 11) is -3.59. The molecule has 2 heterocycles. The maximum absolute atomic E-state index is 12.2. The molecule has 0 saturated carbocycles. The van der Waals surface area contributed by atoms with Crippen LogP contribution in [0.15, 0.2) is 59.9 Å². The van der Waals surface area contributed by atoms with E-state index in [0.29, 0.717) is 29.0 Å². The fraction of sp³-hybridized carbons (Fsp3) is 0.167. The van der Waals surface area contributed by atoms with E-state index in [2.05, 4.69) is 30.3 Å². The molecule has 0 aliphatic rings. The number of rotatable bonds is 8. The van der Waals surface area contributed by atoms with Crippen LogP contribution in [0.1, 0.15) is 5.56 Å². The van der Waals surface area contributed by atoms with Crippen molar-refractivity contribution in [2.24, 2.45) is 0 Å². The van der Waals surface area contributed by atoms with E-state index in [-0.39, 0.29) is 11.4 Å². The third-order valence-electron chi connectivity index (χ3n) is 3.69. The zero-order valence-corrected chi connectivity index (χ0v) is 16.6. The minimum atomic E-state index is -3.59. The molecule has 0 aliphatic heterocycles. The van der Waals surface area contributed by atoms with Gasteiger partial charge in [-0.1, -0.05) is 11.6 Å². The van der Waals surface area contributed by atoms with E-state index in [1.165, 1.54) is 30.6 Å². The summed E-state index contributed by atoms with van der Waals surface area (Å²) in [5, 5.41) is 6.64. The standard InChI is InChI=1S/C18H19ClN6O2S/c1-13-6-7-20-17(10-13)25-18-11-16(22-12-23-18)21-8-9-24-28(26,27)15-4-2-14(19)3-5-15/h2-7,10-12,24H,8-9H2,1H3,(H2,20,21,22,23,25). The summed E-state index contributed by atoms with van der Waals surface area (Å²) in [4.78, 5) is 12.7. The van der Waals surface area contributed by atoms with Crippen molar-refractivity contribution in [3.05, 3.63) is 65.6 Å². The first-order valence-electron chi connectivity index (χ1n) is 8.43. The van der Waals surface area contributed by atoms with Crippen LogP contribution in [0.4, 0.5) is 17.5 Å². The average Bonchev–Trinajstić information content (AvgIpc) is 2.66. The van der Waals surface area contributed by atoms with E-state index in [1.807, 2.05) is 19.1 Å². The second-order valence-corrected chi connectivity index (χ2v) is 8.11. The molecule has 3 N–H and O–H groups in total. The number of anilines is 3. The maximum Gasteiger partial charge on any atom is 0.240 e. The average molecular weight is 419 g/mol. The summed E-state index contributed by atoms with van der Waals surface area (Å²) in [5.74, 6) is 1.83. The first kappa shape index (κ1) is 20.0. The van der Waals surface area contributed by atoms with Crippen LogP contribution in [0.25, 0.3) is 0 Å². The summed E-state index contributed by atoms with van der Waals surface area (Å²) in [6.45, 7) is 2.52. The van der Waals surface area contributed by atoms with Crippen molar-refractivity contribution >= 4 is 39.1 Å². The molecule has 1 aromatic carbocycles. The van der Waals surface area contributed by atoms with E-state index in [1.54, 1.807) is 12.3 Å². The largest absolute Gasteiger partial charge is 0.369 e. The number of benzene rings is 1. The van der Waals surface area contributed by atoms with Gasteiger partial charge in [-0.2, -0.15) is 0 Å². The molecule has 0 aliphatic carbocycles. The lowest BCUT2D eigenvalue weighted by atomic mass is 10.3. The van der Waals surface area contributed by atoms with E-state index >= 15 is 0 Å². The SMILES string of the molecule is Cc1ccnc(Nc2cc(NCCNS(=O)(=O)c3ccc(Cl)cc3)ncn2)c1. The van der Waals surface area contributed by atoms with Gasteiger partial charge in [-0.15, -0.1) is 0 Å². The summed E-state index contributed by atoms with van der Waals surface area (Å²) in [6, 6.07) is 11.5. The molecule has 28 heavy (non-hydrogen) atoms. The van der Waals surface area contributed by atoms with Crippen LogP contribution in [0.5, 0.6) is 0 Å². The van der Waals surface area contributed by atoms with Gasteiger partial charge in [0, 0.05) is 30.4 Å². The minimum absolute atomic E-state index is 0.163. The van der Waals surface area contributed by atoms with Crippen molar-refractivity contribution in [2.75, 3.05) is 23.7 Å². The van der Waals surface area contributed by atoms with E-state index in [9.17, 15) is 8.42 Å². The molecule has 0 spiro atoms. The normalized spacial score (nSPS) is 11.2. The van der Waals surface area contributed by atoms with E-state index in [0.717, 1.165) is 5.56 Å². The first-order chi connectivity index (χ1) is 13.4. The fourth-order valence-corrected chi connectivity index (χ4v) is 3.49. The lowest BCUT2D eigenvalue weighted by Crippen LogP contribution is -2.29. The highest BCUT2D eigenvalue weighted by Crippen LogP contribution is 2.15. The molecule has 0 unspecified atom stereocenters. The first-order valence-corrected chi connectivity index (χ1v) is 10.3. The highest BCUT2D eigenvalue weighted by molar-refractivity contribution is 7.89. The van der Waals surface area contributed by atoms with Crippen LogP contribution >= 0.6 is 11.6 Å². The van der Waals surface area contributed by atoms with Gasteiger partial charge in [0.15, 0.2) is 0 Å². The smallest absolute Gasteiger partial charge is 0.240 e. The molecule has 0 amide bonds. The summed E-state index contributed by atoms with van der Waals surface area (Å²) < 4.78 is 27.0. The van der Waals surface area contributed by atoms with Crippen molar-refractivity contribution in [3.8, 4) is 0 Å². The van der Waals surface area contributed by atoms with Gasteiger partial charge in [0.05, 0.1) is 4.90 Å². The van der Waals surface area contributed by atoms with Gasteiger partial charge in [-0.3, -0.25) is 0 Å². The van der Waals surface area contributed by atoms with Crippen LogP contribution in [0.2, 0.25) is 5.02 Å². The van der Waals surface area contributed by atoms with Gasteiger partial charge in [-0.05, 0) is 48.9 Å². The van der Waals surface area contributed by atoms with Gasteiger partial charge in [0.2, 0.25) is 10.0 Å². The molecule has 10 heteroatoms. The van der Waals surface area contributed by atoms with Crippen molar-refractivity contribution in [1.29, 1.82) is 0 Å². The van der Waals surface area contributed by atoms with Crippen molar-refractivity contribution in [3.63, 3.8) is 0 Å². The number of hydrogen-bond acceptors (Lipinski definition) is 7. The molecule has 8 nitrogen and oxygen atoms in total. The quantitative estimate of drug-likeness (QED) is 0.482. The lowest BCUT2D eigenvalue weighted by molar-refractivity contribution is 0.583. The number of nitrogens with zero attached hydrogens (tertiary/aromatic N) is 3. The van der Waals surface area contributed by atoms with Crippen LogP contribution in [0.3, 0.4) is 0 Å². The van der Waals surface area contributed by atoms with Crippen molar-refractivity contribution in [2.45, 2.75) is 11.8 Å². The van der Waals surface area contributed by atoms with Crippen molar-refractivity contribution < 1.29 is 8.42 Å². The number of halogens is 1. The Kier molecular flexibility index (Phi) is 6.40. The Morgan fingerprint density at radius 2 is 1.64 bits per heavy atom. The number of sulfonamides is 1. The molecule has 0 atom stereocenters. The minimum Gasteiger partial charge on any atom is -0.369 e. The number of pyridine rings is 1. The third-order valence-corrected chi connectivity index (χ3v) is 5.41. The zero-order valence-electron chi connectivity index (χ0n) is 15.1. The van der Waals surface area contributed by atoms with Crippen LogP contribution in [-0.4, -0.2) is 36.5 Å². The zero-order chi connectivity index (χ0) is 20.0. The fourth-order valence-electron chi connectivity index (χ4n) is 2.33. The van der Waals surface area contributed by atoms with E-state index < -0.39 is 10.0 Å². The van der Waals surface area contributed by atoms with E-state index in [4.69, 9.17) is 11.6 Å². The van der Waals surface area contributed by atoms with Crippen molar-refractivity contribution in [1.82, 2.24) is 19.7 Å². The Morgan fingerprint density at radius 3 is 2.39 bits per heavy atom. The molecule has 3 aromatic rings. The molecule has 146 valence electrons. The summed E-state index contributed by atoms with van der Waals surface area (Å²) >= 11 is 5.78. The number of aryl methyl sites for hydroxylation is 1. The molecule has 3 rings (SSSR count). The Bertz CT molecular complexity index is 1040. The van der Waals surface area contributed by atoms with Crippen LogP contribution < -0.4 is 15.4 Å². The Hall–Kier alpha value is -2.75. The monoisotopic (exact) mass is 418 g/mol. The van der Waals surface area contributed by atoms with Gasteiger partial charge >= 0.3 is 0 Å². The topological polar surface area (TPSA) is 109 Å². The second-order valence-electron chi connectivity index (χ2n) is 5.91. The highest BCUT2D eigenvalue weighted by Gasteiger charge is 2.12. The van der Waals surface area contributed by atoms with Crippen LogP contribution in [-0.2, 0) is 10.0 Å². The summed E-state index contributed by atoms with van der Waals surface area (Å²) in [6.07, 6.45) is 3.13. The number of hydrogen-bond donors (Lipinski definition) is 3. The molecule has 0 radical (unpaired) electrons. The summed E-state index contributed by atoms with van der Waals surface area (Å²) in [5.41, 5.74) is 1.08. The predicted molar refractivity (Wildman–Crippen MR) is 109 cm³/mol.